The summed E-state index contributed by atoms with van der Waals surface area (Å²) in [6, 6.07) is 0. The number of hydrogen-bond donors (Lipinski definition) is 0. The second-order valence-electron chi connectivity index (χ2n) is 6.41. The minimum Gasteiger partial charge on any atom is -0.375 e. The fraction of sp³-hybridized carbons (Fsp3) is 0.938. The van der Waals surface area contributed by atoms with Crippen LogP contribution in [0.5, 0.6) is 0 Å². The summed E-state index contributed by atoms with van der Waals surface area (Å²) in [7, 11) is 0. The lowest BCUT2D eigenvalue weighted by molar-refractivity contribution is -0.130. The molecular formula is C16H32O2. The lowest BCUT2D eigenvalue weighted by Crippen LogP contribution is -2.31. The van der Waals surface area contributed by atoms with Crippen LogP contribution in [0, 0.1) is 11.3 Å². The number of carbonyl (C=O) groups is 1. The standard InChI is InChI=1S/C16H32O2/c1-8-16(7,9-2)18-12-10-11-14(17)15(5,6)13(3)4/h13H,8-12H2,1-7H3. The molecule has 0 amide bonds. The maximum Gasteiger partial charge on any atom is 0.138 e. The van der Waals surface area contributed by atoms with Gasteiger partial charge >= 0.3 is 0 Å². The third-order valence-electron chi connectivity index (χ3n) is 4.66. The van der Waals surface area contributed by atoms with Gasteiger partial charge in [0.1, 0.15) is 5.78 Å². The van der Waals surface area contributed by atoms with Crippen LogP contribution in [-0.4, -0.2) is 18.0 Å². The van der Waals surface area contributed by atoms with Crippen LogP contribution in [0.4, 0.5) is 0 Å². The Morgan fingerprint density at radius 3 is 2.00 bits per heavy atom. The Hall–Kier alpha value is -0.370. The second kappa shape index (κ2) is 7.28. The number of Topliss-reactive ketones (excluding diaryl/α,β-unsaturated/α-hetero) is 1. The van der Waals surface area contributed by atoms with E-state index in [9.17, 15) is 4.79 Å². The smallest absolute Gasteiger partial charge is 0.138 e. The normalized spacial score (nSPS) is 13.1. The van der Waals surface area contributed by atoms with Crippen LogP contribution in [0.15, 0.2) is 0 Å². The molecule has 0 saturated heterocycles. The average Bonchev–Trinajstić information content (AvgIpc) is 2.33. The molecule has 0 N–H and O–H groups in total. The van der Waals surface area contributed by atoms with Crippen molar-refractivity contribution in [1.82, 2.24) is 0 Å². The zero-order valence-corrected chi connectivity index (χ0v) is 13.4. The molecule has 0 heterocycles. The summed E-state index contributed by atoms with van der Waals surface area (Å²) in [5, 5.41) is 0. The molecule has 0 bridgehead atoms. The molecule has 0 rings (SSSR count). The highest BCUT2D eigenvalue weighted by molar-refractivity contribution is 5.84. The fourth-order valence-electron chi connectivity index (χ4n) is 1.65. The molecule has 0 aromatic carbocycles. The Bertz CT molecular complexity index is 250. The Morgan fingerprint density at radius 1 is 1.11 bits per heavy atom. The van der Waals surface area contributed by atoms with Gasteiger partial charge in [-0.2, -0.15) is 0 Å². The Balaban J connectivity index is 4.03. The van der Waals surface area contributed by atoms with E-state index in [1.54, 1.807) is 0 Å². The first-order valence-electron chi connectivity index (χ1n) is 7.37. The van der Waals surface area contributed by atoms with Gasteiger partial charge in [-0.1, -0.05) is 41.5 Å². The molecule has 18 heavy (non-hydrogen) atoms. The van der Waals surface area contributed by atoms with Crippen molar-refractivity contribution in [3.8, 4) is 0 Å². The van der Waals surface area contributed by atoms with Crippen LogP contribution in [0.3, 0.4) is 0 Å². The van der Waals surface area contributed by atoms with E-state index in [1.165, 1.54) is 0 Å². The summed E-state index contributed by atoms with van der Waals surface area (Å²) in [5.41, 5.74) is -0.227. The molecule has 0 aliphatic heterocycles. The van der Waals surface area contributed by atoms with Gasteiger partial charge in [0.2, 0.25) is 0 Å². The van der Waals surface area contributed by atoms with E-state index in [-0.39, 0.29) is 11.0 Å². The number of hydrogen-bond acceptors (Lipinski definition) is 2. The van der Waals surface area contributed by atoms with Crippen LogP contribution in [0.1, 0.15) is 74.1 Å². The van der Waals surface area contributed by atoms with Gasteiger partial charge in [0.25, 0.3) is 0 Å². The monoisotopic (exact) mass is 256 g/mol. The third-order valence-corrected chi connectivity index (χ3v) is 4.66. The zero-order chi connectivity index (χ0) is 14.4. The van der Waals surface area contributed by atoms with Crippen molar-refractivity contribution in [2.75, 3.05) is 6.61 Å². The summed E-state index contributed by atoms with van der Waals surface area (Å²) < 4.78 is 5.90. The molecule has 0 aromatic rings. The van der Waals surface area contributed by atoms with Gasteiger partial charge in [-0.25, -0.2) is 0 Å². The molecule has 0 unspecified atom stereocenters. The van der Waals surface area contributed by atoms with E-state index < -0.39 is 0 Å². The molecule has 0 fully saturated rings. The number of carbonyl (C=O) groups excluding carboxylic acids is 1. The van der Waals surface area contributed by atoms with Gasteiger partial charge in [-0.15, -0.1) is 0 Å². The molecule has 0 radical (unpaired) electrons. The maximum atomic E-state index is 12.1. The minimum atomic E-state index is -0.210. The van der Waals surface area contributed by atoms with E-state index in [1.807, 2.05) is 13.8 Å². The topological polar surface area (TPSA) is 26.3 Å². The van der Waals surface area contributed by atoms with Crippen molar-refractivity contribution >= 4 is 5.78 Å². The van der Waals surface area contributed by atoms with E-state index in [0.29, 0.717) is 24.7 Å². The molecule has 0 aliphatic rings. The minimum absolute atomic E-state index is 0.0172. The summed E-state index contributed by atoms with van der Waals surface area (Å²) in [5.74, 6) is 0.748. The highest BCUT2D eigenvalue weighted by atomic mass is 16.5. The van der Waals surface area contributed by atoms with Crippen molar-refractivity contribution in [2.45, 2.75) is 79.8 Å². The van der Waals surface area contributed by atoms with E-state index >= 15 is 0 Å². The molecule has 2 heteroatoms. The molecular weight excluding hydrogens is 224 g/mol. The van der Waals surface area contributed by atoms with Crippen LogP contribution >= 0.6 is 0 Å². The van der Waals surface area contributed by atoms with Gasteiger partial charge in [0.05, 0.1) is 5.60 Å². The maximum absolute atomic E-state index is 12.1. The predicted molar refractivity (Wildman–Crippen MR) is 77.8 cm³/mol. The predicted octanol–water partition coefficient (Wildman–Crippen LogP) is 4.61. The van der Waals surface area contributed by atoms with Crippen molar-refractivity contribution in [2.24, 2.45) is 11.3 Å². The summed E-state index contributed by atoms with van der Waals surface area (Å²) in [6.07, 6.45) is 3.52. The fourth-order valence-corrected chi connectivity index (χ4v) is 1.65. The second-order valence-corrected chi connectivity index (χ2v) is 6.41. The van der Waals surface area contributed by atoms with E-state index in [0.717, 1.165) is 19.3 Å². The van der Waals surface area contributed by atoms with Crippen LogP contribution < -0.4 is 0 Å². The average molecular weight is 256 g/mol. The Morgan fingerprint density at radius 2 is 1.61 bits per heavy atom. The van der Waals surface area contributed by atoms with Crippen LogP contribution in [0.2, 0.25) is 0 Å². The van der Waals surface area contributed by atoms with Crippen molar-refractivity contribution in [3.05, 3.63) is 0 Å². The molecule has 0 saturated carbocycles. The molecule has 0 aromatic heterocycles. The van der Waals surface area contributed by atoms with Crippen molar-refractivity contribution < 1.29 is 9.53 Å². The first-order valence-corrected chi connectivity index (χ1v) is 7.37. The molecule has 2 nitrogen and oxygen atoms in total. The van der Waals surface area contributed by atoms with Crippen LogP contribution in [-0.2, 0) is 9.53 Å². The highest BCUT2D eigenvalue weighted by Crippen LogP contribution is 2.29. The van der Waals surface area contributed by atoms with Crippen molar-refractivity contribution in [3.63, 3.8) is 0 Å². The highest BCUT2D eigenvalue weighted by Gasteiger charge is 2.30. The third kappa shape index (κ3) is 5.09. The number of ketones is 1. The van der Waals surface area contributed by atoms with E-state index in [4.69, 9.17) is 4.74 Å². The number of rotatable bonds is 9. The van der Waals surface area contributed by atoms with Crippen molar-refractivity contribution in [1.29, 1.82) is 0 Å². The lowest BCUT2D eigenvalue weighted by atomic mass is 9.76. The molecule has 108 valence electrons. The van der Waals surface area contributed by atoms with Gasteiger partial charge in [0, 0.05) is 18.4 Å². The summed E-state index contributed by atoms with van der Waals surface area (Å²) in [4.78, 5) is 12.1. The summed E-state index contributed by atoms with van der Waals surface area (Å²) in [6.45, 7) is 15.4. The molecule has 0 spiro atoms. The Kier molecular flexibility index (Phi) is 7.13. The van der Waals surface area contributed by atoms with Gasteiger partial charge in [-0.3, -0.25) is 4.79 Å². The molecule has 0 aliphatic carbocycles. The SMILES string of the molecule is CCC(C)(CC)OCCCC(=O)C(C)(C)C(C)C. The van der Waals surface area contributed by atoms with Crippen LogP contribution in [0.25, 0.3) is 0 Å². The first kappa shape index (κ1) is 17.6. The molecule has 0 atom stereocenters. The van der Waals surface area contributed by atoms with E-state index in [2.05, 4.69) is 34.6 Å². The first-order chi connectivity index (χ1) is 8.19. The van der Waals surface area contributed by atoms with Gasteiger partial charge in [0.15, 0.2) is 0 Å². The van der Waals surface area contributed by atoms with Gasteiger partial charge in [-0.05, 0) is 32.1 Å². The Labute approximate surface area is 113 Å². The van der Waals surface area contributed by atoms with Gasteiger partial charge < -0.3 is 4.74 Å². The largest absolute Gasteiger partial charge is 0.375 e. The summed E-state index contributed by atoms with van der Waals surface area (Å²) >= 11 is 0. The quantitative estimate of drug-likeness (QED) is 0.563. The zero-order valence-electron chi connectivity index (χ0n) is 13.4. The number of ether oxygens (including phenoxy) is 1. The lowest BCUT2D eigenvalue weighted by Gasteiger charge is -2.29.